The summed E-state index contributed by atoms with van der Waals surface area (Å²) in [7, 11) is 0. The van der Waals surface area contributed by atoms with E-state index in [1.165, 1.54) is 0 Å². The van der Waals surface area contributed by atoms with Crippen LogP contribution in [0.3, 0.4) is 0 Å². The van der Waals surface area contributed by atoms with E-state index in [0.717, 1.165) is 25.7 Å². The molecule has 1 atom stereocenters. The van der Waals surface area contributed by atoms with Crippen LogP contribution in [0.2, 0.25) is 0 Å². The first-order chi connectivity index (χ1) is 9.70. The van der Waals surface area contributed by atoms with E-state index in [9.17, 15) is 9.59 Å². The molecule has 0 radical (unpaired) electrons. The smallest absolute Gasteiger partial charge is 0.249 e. The summed E-state index contributed by atoms with van der Waals surface area (Å²) in [5.74, 6) is 0.311. The van der Waals surface area contributed by atoms with Crippen molar-refractivity contribution < 1.29 is 14.3 Å². The number of nitrogens with one attached hydrogen (secondary N) is 1. The summed E-state index contributed by atoms with van der Waals surface area (Å²) < 4.78 is 5.33. The van der Waals surface area contributed by atoms with Gasteiger partial charge in [-0.25, -0.2) is 0 Å². The molecule has 0 aromatic carbocycles. The molecule has 6 heteroatoms. The summed E-state index contributed by atoms with van der Waals surface area (Å²) in [6.45, 7) is 2.69. The number of piperidine rings is 1. The van der Waals surface area contributed by atoms with Crippen LogP contribution in [0.4, 0.5) is 0 Å². The maximum absolute atomic E-state index is 11.8. The molecule has 2 rings (SSSR count). The molecule has 2 saturated heterocycles. The topological polar surface area (TPSA) is 82.4 Å². The summed E-state index contributed by atoms with van der Waals surface area (Å²) in [6.07, 6.45) is 3.21. The van der Waals surface area contributed by atoms with Crippen molar-refractivity contribution in [3.8, 4) is 6.07 Å². The highest BCUT2D eigenvalue weighted by atomic mass is 16.5. The number of hydrogen-bond acceptors (Lipinski definition) is 4. The molecular weight excluding hydrogens is 258 g/mol. The number of carbonyl (C=O) groups is 2. The molecule has 0 bridgehead atoms. The number of amides is 2. The van der Waals surface area contributed by atoms with Gasteiger partial charge in [-0.2, -0.15) is 5.26 Å². The number of ether oxygens (including phenoxy) is 1. The molecular formula is C14H21N3O3. The van der Waals surface area contributed by atoms with Crippen molar-refractivity contribution in [3.05, 3.63) is 0 Å². The Morgan fingerprint density at radius 3 is 2.65 bits per heavy atom. The first kappa shape index (κ1) is 14.8. The van der Waals surface area contributed by atoms with Crippen LogP contribution < -0.4 is 5.32 Å². The normalized spacial score (nSPS) is 23.4. The lowest BCUT2D eigenvalue weighted by atomic mass is 9.96. The van der Waals surface area contributed by atoms with Gasteiger partial charge in [0.15, 0.2) is 0 Å². The van der Waals surface area contributed by atoms with E-state index in [4.69, 9.17) is 10.00 Å². The third-order valence-electron chi connectivity index (χ3n) is 3.98. The first-order valence-electron chi connectivity index (χ1n) is 7.24. The van der Waals surface area contributed by atoms with Gasteiger partial charge in [-0.3, -0.25) is 9.59 Å². The Kier molecular flexibility index (Phi) is 5.36. The quantitative estimate of drug-likeness (QED) is 0.809. The van der Waals surface area contributed by atoms with Crippen LogP contribution in [0.15, 0.2) is 0 Å². The Hall–Kier alpha value is -1.61. The molecule has 2 aliphatic heterocycles. The minimum atomic E-state index is -0.271. The van der Waals surface area contributed by atoms with Crippen LogP contribution in [0.25, 0.3) is 0 Å². The maximum atomic E-state index is 11.8. The second-order valence-corrected chi connectivity index (χ2v) is 5.41. The fraction of sp³-hybridized carbons (Fsp3) is 0.786. The summed E-state index contributed by atoms with van der Waals surface area (Å²) in [4.78, 5) is 25.1. The number of hydrogen-bond donors (Lipinski definition) is 1. The van der Waals surface area contributed by atoms with Crippen molar-refractivity contribution in [1.29, 1.82) is 5.26 Å². The maximum Gasteiger partial charge on any atom is 0.249 e. The van der Waals surface area contributed by atoms with Crippen molar-refractivity contribution in [2.45, 2.75) is 38.2 Å². The predicted molar refractivity (Wildman–Crippen MR) is 71.5 cm³/mol. The average molecular weight is 279 g/mol. The van der Waals surface area contributed by atoms with Gasteiger partial charge in [0.1, 0.15) is 12.5 Å². The van der Waals surface area contributed by atoms with Gasteiger partial charge in [0.05, 0.1) is 6.07 Å². The standard InChI is InChI=1S/C14H21N3O3/c15-6-3-13(18)17-7-4-11(5-8-17)10-16-14(19)12-2-1-9-20-12/h11-12H,1-5,7-10H2,(H,16,19). The van der Waals surface area contributed by atoms with Crippen LogP contribution in [0, 0.1) is 17.2 Å². The minimum Gasteiger partial charge on any atom is -0.368 e. The molecule has 2 amide bonds. The molecule has 2 heterocycles. The molecule has 0 spiro atoms. The van der Waals surface area contributed by atoms with E-state index in [1.807, 2.05) is 6.07 Å². The lowest BCUT2D eigenvalue weighted by molar-refractivity contribution is -0.132. The summed E-state index contributed by atoms with van der Waals surface area (Å²) in [5, 5.41) is 11.5. The van der Waals surface area contributed by atoms with E-state index in [1.54, 1.807) is 4.90 Å². The zero-order valence-corrected chi connectivity index (χ0v) is 11.6. The average Bonchev–Trinajstić information content (AvgIpc) is 3.00. The van der Waals surface area contributed by atoms with E-state index < -0.39 is 0 Å². The highest BCUT2D eigenvalue weighted by Crippen LogP contribution is 2.17. The van der Waals surface area contributed by atoms with E-state index in [-0.39, 0.29) is 24.3 Å². The fourth-order valence-corrected chi connectivity index (χ4v) is 2.71. The minimum absolute atomic E-state index is 0.00881. The Morgan fingerprint density at radius 2 is 2.05 bits per heavy atom. The van der Waals surface area contributed by atoms with Gasteiger partial charge >= 0.3 is 0 Å². The molecule has 2 fully saturated rings. The van der Waals surface area contributed by atoms with Crippen LogP contribution in [0.5, 0.6) is 0 Å². The van der Waals surface area contributed by atoms with E-state index in [0.29, 0.717) is 32.2 Å². The number of carbonyl (C=O) groups excluding carboxylic acids is 2. The van der Waals surface area contributed by atoms with Crippen molar-refractivity contribution in [2.24, 2.45) is 5.92 Å². The highest BCUT2D eigenvalue weighted by Gasteiger charge is 2.26. The number of likely N-dealkylation sites (tertiary alicyclic amines) is 1. The molecule has 1 N–H and O–H groups in total. The lowest BCUT2D eigenvalue weighted by Gasteiger charge is -2.31. The van der Waals surface area contributed by atoms with Crippen molar-refractivity contribution in [1.82, 2.24) is 10.2 Å². The fourth-order valence-electron chi connectivity index (χ4n) is 2.71. The van der Waals surface area contributed by atoms with E-state index >= 15 is 0 Å². The molecule has 0 aromatic rings. The van der Waals surface area contributed by atoms with Gasteiger partial charge in [0.2, 0.25) is 11.8 Å². The second kappa shape index (κ2) is 7.25. The van der Waals surface area contributed by atoms with Crippen molar-refractivity contribution in [3.63, 3.8) is 0 Å². The molecule has 1 unspecified atom stereocenters. The summed E-state index contributed by atoms with van der Waals surface area (Å²) >= 11 is 0. The SMILES string of the molecule is N#CCC(=O)N1CCC(CNC(=O)C2CCCO2)CC1. The largest absolute Gasteiger partial charge is 0.368 e. The number of nitriles is 1. The zero-order valence-electron chi connectivity index (χ0n) is 11.6. The van der Waals surface area contributed by atoms with Gasteiger partial charge < -0.3 is 15.0 Å². The summed E-state index contributed by atoms with van der Waals surface area (Å²) in [5.41, 5.74) is 0. The second-order valence-electron chi connectivity index (χ2n) is 5.41. The van der Waals surface area contributed by atoms with E-state index in [2.05, 4.69) is 5.32 Å². The Labute approximate surface area is 119 Å². The van der Waals surface area contributed by atoms with Gasteiger partial charge in [-0.15, -0.1) is 0 Å². The zero-order chi connectivity index (χ0) is 14.4. The van der Waals surface area contributed by atoms with Crippen LogP contribution >= 0.6 is 0 Å². The Bertz CT molecular complexity index is 391. The van der Waals surface area contributed by atoms with Gasteiger partial charge in [0.25, 0.3) is 0 Å². The van der Waals surface area contributed by atoms with Crippen molar-refractivity contribution >= 4 is 11.8 Å². The molecule has 0 aromatic heterocycles. The molecule has 6 nitrogen and oxygen atoms in total. The number of rotatable bonds is 4. The Balaban J connectivity index is 1.65. The summed E-state index contributed by atoms with van der Waals surface area (Å²) in [6, 6.07) is 1.89. The van der Waals surface area contributed by atoms with Gasteiger partial charge in [0, 0.05) is 26.2 Å². The van der Waals surface area contributed by atoms with Crippen molar-refractivity contribution in [2.75, 3.05) is 26.2 Å². The molecule has 2 aliphatic rings. The highest BCUT2D eigenvalue weighted by molar-refractivity contribution is 5.81. The molecule has 0 aliphatic carbocycles. The van der Waals surface area contributed by atoms with Crippen LogP contribution in [-0.2, 0) is 14.3 Å². The predicted octanol–water partition coefficient (Wildman–Crippen LogP) is 0.434. The molecule has 0 saturated carbocycles. The van der Waals surface area contributed by atoms with Crippen LogP contribution in [-0.4, -0.2) is 49.1 Å². The first-order valence-corrected chi connectivity index (χ1v) is 7.24. The molecule has 110 valence electrons. The van der Waals surface area contributed by atoms with Gasteiger partial charge in [-0.1, -0.05) is 0 Å². The monoisotopic (exact) mass is 279 g/mol. The lowest BCUT2D eigenvalue weighted by Crippen LogP contribution is -2.43. The van der Waals surface area contributed by atoms with Gasteiger partial charge in [-0.05, 0) is 31.6 Å². The third-order valence-corrected chi connectivity index (χ3v) is 3.98. The van der Waals surface area contributed by atoms with Crippen LogP contribution in [0.1, 0.15) is 32.1 Å². The third kappa shape index (κ3) is 3.94. The molecule has 20 heavy (non-hydrogen) atoms. The number of nitrogens with zero attached hydrogens (tertiary/aromatic N) is 2. The Morgan fingerprint density at radius 1 is 1.30 bits per heavy atom.